The van der Waals surface area contributed by atoms with E-state index in [1.807, 2.05) is 67.3 Å². The highest BCUT2D eigenvalue weighted by Gasteiger charge is 2.12. The van der Waals surface area contributed by atoms with E-state index in [-0.39, 0.29) is 5.91 Å². The molecule has 0 fully saturated rings. The van der Waals surface area contributed by atoms with Crippen LogP contribution in [-0.2, 0) is 13.5 Å². The molecular weight excluding hydrogens is 314 g/mol. The molecule has 0 atom stereocenters. The zero-order valence-electron chi connectivity index (χ0n) is 14.2. The lowest BCUT2D eigenvalue weighted by molar-refractivity contribution is 0.0955. The largest absolute Gasteiger partial charge is 0.352 e. The number of aromatic nitrogens is 4. The number of aryl methyl sites for hydroxylation is 2. The summed E-state index contributed by atoms with van der Waals surface area (Å²) in [5.74, 6) is -0.0847. The third-order valence-corrected chi connectivity index (χ3v) is 4.30. The number of fused-ring (bicyclic) bond motifs is 2. The van der Waals surface area contributed by atoms with Gasteiger partial charge in [-0.1, -0.05) is 12.1 Å². The molecule has 3 aromatic heterocycles. The van der Waals surface area contributed by atoms with Gasteiger partial charge in [-0.25, -0.2) is 4.98 Å². The lowest BCUT2D eigenvalue weighted by atomic mass is 10.1. The number of carbonyl (C=O) groups excluding carboxylic acids is 1. The van der Waals surface area contributed by atoms with E-state index in [9.17, 15) is 4.79 Å². The van der Waals surface area contributed by atoms with Crippen molar-refractivity contribution < 1.29 is 4.79 Å². The van der Waals surface area contributed by atoms with Crippen LogP contribution in [0.3, 0.4) is 0 Å². The topological polar surface area (TPSA) is 64.2 Å². The summed E-state index contributed by atoms with van der Waals surface area (Å²) in [6, 6.07) is 9.64. The molecule has 0 bridgehead atoms. The van der Waals surface area contributed by atoms with Crippen LogP contribution >= 0.6 is 0 Å². The Balaban J connectivity index is 1.47. The van der Waals surface area contributed by atoms with E-state index < -0.39 is 0 Å². The Labute approximate surface area is 145 Å². The second-order valence-electron chi connectivity index (χ2n) is 6.20. The number of imidazole rings is 1. The fourth-order valence-corrected chi connectivity index (χ4v) is 3.08. The van der Waals surface area contributed by atoms with Gasteiger partial charge in [-0.15, -0.1) is 0 Å². The zero-order chi connectivity index (χ0) is 17.4. The average molecular weight is 333 g/mol. The van der Waals surface area contributed by atoms with Crippen LogP contribution in [0.1, 0.15) is 21.6 Å². The molecule has 1 amide bonds. The van der Waals surface area contributed by atoms with Gasteiger partial charge in [0.25, 0.3) is 5.91 Å². The summed E-state index contributed by atoms with van der Waals surface area (Å²) in [6.07, 6.45) is 6.56. The molecular formula is C19H19N5O. The molecule has 4 aromatic rings. The Kier molecular flexibility index (Phi) is 3.72. The highest BCUT2D eigenvalue weighted by molar-refractivity contribution is 6.06. The number of rotatable bonds is 4. The quantitative estimate of drug-likeness (QED) is 0.624. The molecule has 126 valence electrons. The summed E-state index contributed by atoms with van der Waals surface area (Å²) >= 11 is 0. The molecule has 25 heavy (non-hydrogen) atoms. The normalized spacial score (nSPS) is 11.3. The Morgan fingerprint density at radius 3 is 2.92 bits per heavy atom. The predicted octanol–water partition coefficient (Wildman–Crippen LogP) is 2.50. The molecule has 0 aliphatic rings. The first kappa shape index (κ1) is 15.4. The summed E-state index contributed by atoms with van der Waals surface area (Å²) in [5.41, 5.74) is 4.54. The maximum absolute atomic E-state index is 12.5. The molecule has 6 heteroatoms. The monoisotopic (exact) mass is 333 g/mol. The first-order valence-corrected chi connectivity index (χ1v) is 8.25. The lowest BCUT2D eigenvalue weighted by Gasteiger charge is -2.04. The SMILES string of the molecule is Cc1cccn2cc(CCNC(=O)c3cccc4nn(C)cc34)nc12. The molecule has 0 saturated heterocycles. The molecule has 0 unspecified atom stereocenters. The molecule has 1 N–H and O–H groups in total. The van der Waals surface area contributed by atoms with Crippen LogP contribution in [0.25, 0.3) is 16.6 Å². The van der Waals surface area contributed by atoms with Gasteiger partial charge in [0.2, 0.25) is 0 Å². The van der Waals surface area contributed by atoms with Crippen molar-refractivity contribution in [2.24, 2.45) is 7.05 Å². The number of hydrogen-bond donors (Lipinski definition) is 1. The van der Waals surface area contributed by atoms with Gasteiger partial charge in [-0.2, -0.15) is 5.10 Å². The third-order valence-electron chi connectivity index (χ3n) is 4.30. The number of pyridine rings is 1. The number of carbonyl (C=O) groups is 1. The molecule has 0 aliphatic heterocycles. The van der Waals surface area contributed by atoms with Gasteiger partial charge in [0.05, 0.1) is 16.8 Å². The van der Waals surface area contributed by atoms with Crippen molar-refractivity contribution in [3.63, 3.8) is 0 Å². The molecule has 0 spiro atoms. The van der Waals surface area contributed by atoms with Crippen LogP contribution in [0.2, 0.25) is 0 Å². The van der Waals surface area contributed by atoms with Gasteiger partial charge < -0.3 is 9.72 Å². The van der Waals surface area contributed by atoms with Crippen LogP contribution in [0.15, 0.2) is 48.9 Å². The van der Waals surface area contributed by atoms with Crippen molar-refractivity contribution in [1.82, 2.24) is 24.5 Å². The maximum atomic E-state index is 12.5. The second-order valence-corrected chi connectivity index (χ2v) is 6.20. The second kappa shape index (κ2) is 6.05. The van der Waals surface area contributed by atoms with E-state index >= 15 is 0 Å². The van der Waals surface area contributed by atoms with Crippen molar-refractivity contribution >= 4 is 22.5 Å². The zero-order valence-corrected chi connectivity index (χ0v) is 14.2. The van der Waals surface area contributed by atoms with Crippen molar-refractivity contribution in [3.05, 3.63) is 65.7 Å². The fourth-order valence-electron chi connectivity index (χ4n) is 3.08. The molecule has 3 heterocycles. The van der Waals surface area contributed by atoms with E-state index in [1.165, 1.54) is 0 Å². The number of amides is 1. The average Bonchev–Trinajstić information content (AvgIpc) is 3.17. The highest BCUT2D eigenvalue weighted by Crippen LogP contribution is 2.17. The lowest BCUT2D eigenvalue weighted by Crippen LogP contribution is -2.25. The standard InChI is InChI=1S/C19H19N5O/c1-13-5-4-10-24-11-14(21-18(13)24)8-9-20-19(25)15-6-3-7-17-16(15)12-23(2)22-17/h3-7,10-12H,8-9H2,1-2H3,(H,20,25). The van der Waals surface area contributed by atoms with Crippen molar-refractivity contribution in [2.45, 2.75) is 13.3 Å². The predicted molar refractivity (Wildman–Crippen MR) is 96.7 cm³/mol. The van der Waals surface area contributed by atoms with Gasteiger partial charge in [0.15, 0.2) is 0 Å². The van der Waals surface area contributed by atoms with Gasteiger partial charge in [-0.3, -0.25) is 9.48 Å². The van der Waals surface area contributed by atoms with E-state index in [0.29, 0.717) is 18.5 Å². The summed E-state index contributed by atoms with van der Waals surface area (Å²) in [7, 11) is 1.85. The van der Waals surface area contributed by atoms with Crippen LogP contribution in [-0.4, -0.2) is 31.6 Å². The smallest absolute Gasteiger partial charge is 0.252 e. The summed E-state index contributed by atoms with van der Waals surface area (Å²) in [5, 5.41) is 8.19. The Morgan fingerprint density at radius 2 is 2.08 bits per heavy atom. The third kappa shape index (κ3) is 2.87. The maximum Gasteiger partial charge on any atom is 0.252 e. The van der Waals surface area contributed by atoms with Crippen LogP contribution < -0.4 is 5.32 Å². The Hall–Kier alpha value is -3.15. The van der Waals surface area contributed by atoms with Crippen LogP contribution in [0, 0.1) is 6.92 Å². The molecule has 4 rings (SSSR count). The highest BCUT2D eigenvalue weighted by atomic mass is 16.1. The summed E-state index contributed by atoms with van der Waals surface area (Å²) < 4.78 is 3.74. The minimum absolute atomic E-state index is 0.0847. The molecule has 1 aromatic carbocycles. The molecule has 0 aliphatic carbocycles. The summed E-state index contributed by atoms with van der Waals surface area (Å²) in [4.78, 5) is 17.1. The Morgan fingerprint density at radius 1 is 1.20 bits per heavy atom. The first-order chi connectivity index (χ1) is 12.1. The van der Waals surface area contributed by atoms with E-state index in [4.69, 9.17) is 0 Å². The number of benzene rings is 1. The number of nitrogens with zero attached hydrogens (tertiary/aromatic N) is 4. The van der Waals surface area contributed by atoms with Gasteiger partial charge in [0.1, 0.15) is 5.65 Å². The first-order valence-electron chi connectivity index (χ1n) is 8.25. The Bertz CT molecular complexity index is 1080. The number of nitrogens with one attached hydrogen (secondary N) is 1. The molecule has 0 saturated carbocycles. The van der Waals surface area contributed by atoms with Gasteiger partial charge in [-0.05, 0) is 30.7 Å². The van der Waals surface area contributed by atoms with E-state index in [2.05, 4.69) is 15.4 Å². The van der Waals surface area contributed by atoms with Crippen LogP contribution in [0.5, 0.6) is 0 Å². The van der Waals surface area contributed by atoms with Gasteiger partial charge in [0, 0.05) is 44.0 Å². The minimum Gasteiger partial charge on any atom is -0.352 e. The van der Waals surface area contributed by atoms with Crippen molar-refractivity contribution in [1.29, 1.82) is 0 Å². The van der Waals surface area contributed by atoms with Crippen molar-refractivity contribution in [3.8, 4) is 0 Å². The molecule has 6 nitrogen and oxygen atoms in total. The molecule has 0 radical (unpaired) electrons. The van der Waals surface area contributed by atoms with Crippen LogP contribution in [0.4, 0.5) is 0 Å². The van der Waals surface area contributed by atoms with E-state index in [0.717, 1.165) is 27.8 Å². The van der Waals surface area contributed by atoms with Gasteiger partial charge >= 0.3 is 0 Å². The fraction of sp³-hybridized carbons (Fsp3) is 0.211. The number of hydrogen-bond acceptors (Lipinski definition) is 3. The minimum atomic E-state index is -0.0847. The summed E-state index contributed by atoms with van der Waals surface area (Å²) in [6.45, 7) is 2.58. The van der Waals surface area contributed by atoms with E-state index in [1.54, 1.807) is 4.68 Å². The van der Waals surface area contributed by atoms with Crippen molar-refractivity contribution in [2.75, 3.05) is 6.54 Å².